The first-order valence-corrected chi connectivity index (χ1v) is 16.6. The van der Waals surface area contributed by atoms with Crippen molar-refractivity contribution in [2.24, 2.45) is 0 Å². The van der Waals surface area contributed by atoms with E-state index in [0.29, 0.717) is 0 Å². The molecule has 0 N–H and O–H groups in total. The van der Waals surface area contributed by atoms with E-state index in [0.717, 1.165) is 40.4 Å². The Morgan fingerprint density at radius 2 is 1.04 bits per heavy atom. The second kappa shape index (κ2) is 18.0. The fourth-order valence-corrected chi connectivity index (χ4v) is 6.41. The molecule has 6 rings (SSSR count). The molecule has 0 aromatic heterocycles. The van der Waals surface area contributed by atoms with E-state index in [1.54, 1.807) is 0 Å². The predicted octanol–water partition coefficient (Wildman–Crippen LogP) is 9.10. The first kappa shape index (κ1) is 45.1. The zero-order chi connectivity index (χ0) is 38.2. The van der Waals surface area contributed by atoms with E-state index < -0.39 is 6.03 Å². The molecule has 3 aliphatic heterocycles. The van der Waals surface area contributed by atoms with Crippen LogP contribution in [0.5, 0.6) is 11.5 Å². The Balaban J connectivity index is 0.00000135. The van der Waals surface area contributed by atoms with Gasteiger partial charge in [0.05, 0.1) is 11.1 Å². The Kier molecular flexibility index (Phi) is 15.9. The Bertz CT molecular complexity index is 1820. The molecule has 269 valence electrons. The first-order chi connectivity index (χ1) is 23.6. The van der Waals surface area contributed by atoms with E-state index >= 15 is 0 Å². The molecule has 3 aliphatic rings. The second-order valence-electron chi connectivity index (χ2n) is 15.5. The number of unbranched alkanes of at least 4 members (excludes halogenated alkanes) is 2. The van der Waals surface area contributed by atoms with Crippen molar-refractivity contribution >= 4 is 23.8 Å². The van der Waals surface area contributed by atoms with Gasteiger partial charge in [-0.3, -0.25) is 0 Å². The van der Waals surface area contributed by atoms with Crippen LogP contribution in [0.15, 0.2) is 48.5 Å². The van der Waals surface area contributed by atoms with Gasteiger partial charge in [0, 0.05) is 40.0 Å². The third-order valence-electron chi connectivity index (χ3n) is 8.86. The van der Waals surface area contributed by atoms with Crippen LogP contribution in [0.3, 0.4) is 0 Å². The SMILES string of the molecule is CCCCCc1cc2c(c(C(C)(C)C)c1)OC13Oc4c(cc(C(C)(C)C)cc4C(C)(C)C)C=[N+]1c1ccccc1[N+]3=C2.[C-]#[O+].[C-]#[O+].[C-]#[O+].[C-]#[O+].[Co]. The number of hydrogen-bond acceptors (Lipinski definition) is 2. The Morgan fingerprint density at radius 1 is 0.608 bits per heavy atom. The number of ether oxygens (including phenoxy) is 2. The van der Waals surface area contributed by atoms with Gasteiger partial charge in [0.15, 0.2) is 23.9 Å². The topological polar surface area (TPSA) is 104 Å². The molecule has 0 bridgehead atoms. The van der Waals surface area contributed by atoms with Crippen LogP contribution >= 0.6 is 0 Å². The van der Waals surface area contributed by atoms with Crippen LogP contribution in [0, 0.1) is 26.6 Å². The molecule has 51 heavy (non-hydrogen) atoms. The summed E-state index contributed by atoms with van der Waals surface area (Å²) in [6, 6.07) is 16.7. The number of nitrogens with zero attached hydrogens (tertiary/aromatic N) is 2. The van der Waals surface area contributed by atoms with Gasteiger partial charge in [0.2, 0.25) is 0 Å². The van der Waals surface area contributed by atoms with Crippen molar-refractivity contribution < 1.29 is 54.0 Å². The van der Waals surface area contributed by atoms with E-state index in [2.05, 4.69) is 166 Å². The van der Waals surface area contributed by atoms with Crippen molar-refractivity contribution in [1.82, 2.24) is 0 Å². The molecule has 1 spiro atoms. The number of benzene rings is 3. The molecule has 1 unspecified atom stereocenters. The molecule has 3 aromatic carbocycles. The second-order valence-corrected chi connectivity index (χ2v) is 15.5. The maximum Gasteiger partial charge on any atom is 0 e. The minimum absolute atomic E-state index is 0. The van der Waals surface area contributed by atoms with E-state index in [1.807, 2.05) is 0 Å². The van der Waals surface area contributed by atoms with Crippen molar-refractivity contribution in [3.05, 3.63) is 109 Å². The molecule has 0 saturated carbocycles. The van der Waals surface area contributed by atoms with Crippen molar-refractivity contribution in [3.8, 4) is 11.5 Å². The first-order valence-electron chi connectivity index (χ1n) is 16.6. The van der Waals surface area contributed by atoms with E-state index in [4.69, 9.17) is 28.1 Å². The van der Waals surface area contributed by atoms with Crippen molar-refractivity contribution in [3.63, 3.8) is 0 Å². The molecular weight excluding hydrogens is 687 g/mol. The molecule has 3 heterocycles. The van der Waals surface area contributed by atoms with Gasteiger partial charge in [-0.15, -0.1) is 0 Å². The molecule has 8 nitrogen and oxygen atoms in total. The monoisotopic (exact) mass is 735 g/mol. The Hall–Kier alpha value is -3.93. The number of hydrogen-bond donors (Lipinski definition) is 0. The largest absolute Gasteiger partial charge is 0 e. The van der Waals surface area contributed by atoms with Gasteiger partial charge in [-0.2, -0.15) is 0 Å². The minimum atomic E-state index is -1.18. The summed E-state index contributed by atoms with van der Waals surface area (Å²) in [6.07, 6.45) is 9.25. The van der Waals surface area contributed by atoms with Crippen molar-refractivity contribution in [2.75, 3.05) is 0 Å². The molecule has 1 atom stereocenters. The van der Waals surface area contributed by atoms with Crippen LogP contribution in [-0.2, 0) is 58.1 Å². The number of para-hydroxylation sites is 2. The molecule has 0 fully saturated rings. The third-order valence-corrected chi connectivity index (χ3v) is 8.86. The Labute approximate surface area is 314 Å². The summed E-state index contributed by atoms with van der Waals surface area (Å²) in [5.74, 6) is 1.81. The van der Waals surface area contributed by atoms with Crippen LogP contribution in [0.2, 0.25) is 0 Å². The van der Waals surface area contributed by atoms with Crippen LogP contribution < -0.4 is 9.47 Å². The van der Waals surface area contributed by atoms with Gasteiger partial charge in [-0.25, -0.2) is 0 Å². The number of rotatable bonds is 4. The van der Waals surface area contributed by atoms with E-state index in [9.17, 15) is 0 Å². The zero-order valence-electron chi connectivity index (χ0n) is 31.3. The predicted molar refractivity (Wildman–Crippen MR) is 189 cm³/mol. The van der Waals surface area contributed by atoms with Gasteiger partial charge in [-0.05, 0) is 61.5 Å². The standard InChI is InChI=1S/C38H48N2O2.4CO.Co/c1-11-12-13-16-25-19-26-23-39-31-17-14-15-18-32(31)40-24-27-21-28(35(2,3)4)22-30(37(8,9)10)34(27)42-38(39,40)41-33(26)29(20-25)36(5,6)7;4*1-2;/h14-15,17-24H,11-13,16H2,1-10H3;;;;;/q+2;;;;;. The van der Waals surface area contributed by atoms with Crippen molar-refractivity contribution in [1.29, 1.82) is 0 Å². The summed E-state index contributed by atoms with van der Waals surface area (Å²) in [5, 5.41) is 0. The van der Waals surface area contributed by atoms with Crippen molar-refractivity contribution in [2.45, 2.75) is 117 Å². The van der Waals surface area contributed by atoms with E-state index in [-0.39, 0.29) is 33.0 Å². The average Bonchev–Trinajstić information content (AvgIpc) is 3.36. The van der Waals surface area contributed by atoms with Crippen LogP contribution in [0.1, 0.15) is 122 Å². The quantitative estimate of drug-likeness (QED) is 0.116. The fourth-order valence-electron chi connectivity index (χ4n) is 6.41. The third kappa shape index (κ3) is 8.93. The molecule has 1 radical (unpaired) electrons. The van der Waals surface area contributed by atoms with Gasteiger partial charge < -0.3 is 9.47 Å². The normalized spacial score (nSPS) is 15.7. The molecule has 0 amide bonds. The van der Waals surface area contributed by atoms with Crippen LogP contribution in [0.4, 0.5) is 11.4 Å². The summed E-state index contributed by atoms with van der Waals surface area (Å²) in [4.78, 5) is 0. The van der Waals surface area contributed by atoms with Crippen LogP contribution in [-0.4, -0.2) is 27.6 Å². The van der Waals surface area contributed by atoms with Gasteiger partial charge in [-0.1, -0.05) is 106 Å². The zero-order valence-corrected chi connectivity index (χ0v) is 32.3. The maximum absolute atomic E-state index is 7.50. The maximum atomic E-state index is 7.50. The van der Waals surface area contributed by atoms with Gasteiger partial charge in [0.25, 0.3) is 11.4 Å². The summed E-state index contributed by atoms with van der Waals surface area (Å²) < 4.78 is 48.9. The number of aryl methyl sites for hydroxylation is 1. The van der Waals surface area contributed by atoms with E-state index in [1.165, 1.54) is 41.5 Å². The fraction of sp³-hybridized carbons (Fsp3) is 0.429. The summed E-state index contributed by atoms with van der Waals surface area (Å²) in [7, 11) is 0. The molecule has 0 aliphatic carbocycles. The summed E-state index contributed by atoms with van der Waals surface area (Å²) in [5.41, 5.74) is 9.26. The van der Waals surface area contributed by atoms with Gasteiger partial charge in [0.1, 0.15) is 0 Å². The molecular formula is C42H48CoN2O6+2. The Morgan fingerprint density at radius 3 is 1.45 bits per heavy atom. The van der Waals surface area contributed by atoms with Gasteiger partial charge >= 0.3 is 51.2 Å². The minimum Gasteiger partial charge on any atom is 0 e. The molecule has 3 aromatic rings. The average molecular weight is 736 g/mol. The summed E-state index contributed by atoms with van der Waals surface area (Å²) in [6.45, 7) is 40.7. The molecule has 9 heteroatoms. The smallest absolute Gasteiger partial charge is 0 e. The van der Waals surface area contributed by atoms with Crippen LogP contribution in [0.25, 0.3) is 0 Å². The summed E-state index contributed by atoms with van der Waals surface area (Å²) >= 11 is 0. The number of fused-ring (bicyclic) bond motifs is 5. The molecule has 0 saturated heterocycles.